The van der Waals surface area contributed by atoms with E-state index in [2.05, 4.69) is 83.9 Å². The molecule has 0 bridgehead atoms. The zero-order valence-corrected chi connectivity index (χ0v) is 12.1. The van der Waals surface area contributed by atoms with E-state index in [4.69, 9.17) is 0 Å². The molecule has 1 heterocycles. The molecule has 0 radical (unpaired) electrons. The number of benzene rings is 3. The third-order valence-corrected chi connectivity index (χ3v) is 3.92. The van der Waals surface area contributed by atoms with Gasteiger partial charge in [0, 0.05) is 17.0 Å². The molecule has 0 aliphatic rings. The van der Waals surface area contributed by atoms with Crippen LogP contribution in [0.1, 0.15) is 11.1 Å². The largest absolute Gasteiger partial charge is 0.256 e. The van der Waals surface area contributed by atoms with Crippen molar-refractivity contribution in [3.63, 3.8) is 0 Å². The van der Waals surface area contributed by atoms with Gasteiger partial charge < -0.3 is 0 Å². The Bertz CT molecular complexity index is 969. The summed E-state index contributed by atoms with van der Waals surface area (Å²) >= 11 is 0. The fraction of sp³-hybridized carbons (Fsp3) is 0. The van der Waals surface area contributed by atoms with Crippen LogP contribution in [0.5, 0.6) is 0 Å². The molecule has 0 fully saturated rings. The van der Waals surface area contributed by atoms with Crippen molar-refractivity contribution in [3.05, 3.63) is 90.1 Å². The van der Waals surface area contributed by atoms with Crippen molar-refractivity contribution in [1.29, 1.82) is 0 Å². The Balaban J connectivity index is 1.88. The fourth-order valence-corrected chi connectivity index (χ4v) is 2.80. The maximum atomic E-state index is 4.59. The first-order valence-electron chi connectivity index (χ1n) is 7.41. The summed E-state index contributed by atoms with van der Waals surface area (Å²) in [5.41, 5.74) is 3.46. The summed E-state index contributed by atoms with van der Waals surface area (Å²) in [5.74, 6) is 0. The topological polar surface area (TPSA) is 12.9 Å². The molecule has 0 spiro atoms. The quantitative estimate of drug-likeness (QED) is 0.438. The normalized spacial score (nSPS) is 11.5. The van der Waals surface area contributed by atoms with E-state index in [0.29, 0.717) is 0 Å². The summed E-state index contributed by atoms with van der Waals surface area (Å²) in [6.45, 7) is 0. The van der Waals surface area contributed by atoms with E-state index in [-0.39, 0.29) is 0 Å². The number of rotatable bonds is 2. The van der Waals surface area contributed by atoms with E-state index < -0.39 is 0 Å². The highest BCUT2D eigenvalue weighted by Gasteiger charge is 2.03. The van der Waals surface area contributed by atoms with Crippen LogP contribution < -0.4 is 0 Å². The molecule has 0 saturated heterocycles. The van der Waals surface area contributed by atoms with Gasteiger partial charge in [0.2, 0.25) is 0 Å². The number of pyridine rings is 1. The molecule has 22 heavy (non-hydrogen) atoms. The van der Waals surface area contributed by atoms with Crippen molar-refractivity contribution in [2.75, 3.05) is 0 Å². The molecule has 0 atom stereocenters. The first-order chi connectivity index (χ1) is 10.9. The smallest absolute Gasteiger partial charge is 0.0786 e. The van der Waals surface area contributed by atoms with Gasteiger partial charge >= 0.3 is 0 Å². The Kier molecular flexibility index (Phi) is 3.17. The van der Waals surface area contributed by atoms with Gasteiger partial charge in [0.1, 0.15) is 0 Å². The molecule has 1 heteroatoms. The lowest BCUT2D eigenvalue weighted by molar-refractivity contribution is 1.42. The van der Waals surface area contributed by atoms with E-state index in [1.54, 1.807) is 0 Å². The van der Waals surface area contributed by atoms with Gasteiger partial charge in [-0.1, -0.05) is 78.9 Å². The van der Waals surface area contributed by atoms with Crippen molar-refractivity contribution >= 4 is 33.8 Å². The molecule has 1 aromatic heterocycles. The maximum absolute atomic E-state index is 4.59. The highest BCUT2D eigenvalue weighted by atomic mass is 14.6. The van der Waals surface area contributed by atoms with Crippen LogP contribution >= 0.6 is 0 Å². The van der Waals surface area contributed by atoms with Gasteiger partial charge in [0.25, 0.3) is 0 Å². The molecule has 0 amide bonds. The summed E-state index contributed by atoms with van der Waals surface area (Å²) in [6, 6.07) is 25.1. The van der Waals surface area contributed by atoms with Crippen LogP contribution in [-0.2, 0) is 0 Å². The number of nitrogens with zero attached hydrogens (tertiary/aromatic N) is 1. The van der Waals surface area contributed by atoms with Crippen LogP contribution in [0, 0.1) is 0 Å². The van der Waals surface area contributed by atoms with Crippen LogP contribution in [-0.4, -0.2) is 4.98 Å². The Morgan fingerprint density at radius 3 is 2.36 bits per heavy atom. The molecule has 4 rings (SSSR count). The molecule has 1 nitrogen and oxygen atoms in total. The van der Waals surface area contributed by atoms with Gasteiger partial charge in [0.15, 0.2) is 0 Å². The van der Waals surface area contributed by atoms with Crippen LogP contribution in [0.25, 0.3) is 33.8 Å². The second kappa shape index (κ2) is 5.45. The second-order valence-corrected chi connectivity index (χ2v) is 5.33. The van der Waals surface area contributed by atoms with Crippen LogP contribution in [0.4, 0.5) is 0 Å². The van der Waals surface area contributed by atoms with E-state index in [1.165, 1.54) is 27.3 Å². The summed E-state index contributed by atoms with van der Waals surface area (Å²) < 4.78 is 0. The molecule has 0 unspecified atom stereocenters. The molecule has 0 saturated carbocycles. The minimum Gasteiger partial charge on any atom is -0.256 e. The van der Waals surface area contributed by atoms with Gasteiger partial charge in [-0.05, 0) is 22.6 Å². The number of hydrogen-bond donors (Lipinski definition) is 0. The van der Waals surface area contributed by atoms with E-state index in [9.17, 15) is 0 Å². The molecule has 4 aromatic rings. The zero-order chi connectivity index (χ0) is 14.8. The van der Waals surface area contributed by atoms with Gasteiger partial charge in [-0.15, -0.1) is 0 Å². The van der Waals surface area contributed by atoms with Crippen molar-refractivity contribution in [1.82, 2.24) is 4.98 Å². The first-order valence-corrected chi connectivity index (χ1v) is 7.41. The number of fused-ring (bicyclic) bond motifs is 3. The number of hydrogen-bond acceptors (Lipinski definition) is 1. The van der Waals surface area contributed by atoms with Gasteiger partial charge in [-0.3, -0.25) is 4.98 Å². The Morgan fingerprint density at radius 1 is 0.636 bits per heavy atom. The van der Waals surface area contributed by atoms with E-state index in [0.717, 1.165) is 5.52 Å². The molecular weight excluding hydrogens is 266 g/mol. The fourth-order valence-electron chi connectivity index (χ4n) is 2.80. The lowest BCUT2D eigenvalue weighted by atomic mass is 10.0. The summed E-state index contributed by atoms with van der Waals surface area (Å²) in [7, 11) is 0. The zero-order valence-electron chi connectivity index (χ0n) is 12.1. The monoisotopic (exact) mass is 281 g/mol. The lowest BCUT2D eigenvalue weighted by Gasteiger charge is -2.05. The van der Waals surface area contributed by atoms with Gasteiger partial charge in [-0.25, -0.2) is 0 Å². The number of aromatic nitrogens is 1. The van der Waals surface area contributed by atoms with Crippen molar-refractivity contribution < 1.29 is 0 Å². The predicted octanol–water partition coefficient (Wildman–Crippen LogP) is 5.56. The van der Waals surface area contributed by atoms with Crippen LogP contribution in [0.2, 0.25) is 0 Å². The van der Waals surface area contributed by atoms with Crippen molar-refractivity contribution in [2.45, 2.75) is 0 Å². The highest BCUT2D eigenvalue weighted by Crippen LogP contribution is 2.26. The summed E-state index contributed by atoms with van der Waals surface area (Å²) in [5, 5.41) is 3.62. The minimum absolute atomic E-state index is 1.06. The van der Waals surface area contributed by atoms with E-state index >= 15 is 0 Å². The molecule has 0 N–H and O–H groups in total. The van der Waals surface area contributed by atoms with Crippen molar-refractivity contribution in [2.24, 2.45) is 0 Å². The van der Waals surface area contributed by atoms with Crippen LogP contribution in [0.3, 0.4) is 0 Å². The molecule has 0 aliphatic carbocycles. The SMILES string of the molecule is C(=Cc1ccnc2c1ccc1ccccc12)c1ccccc1. The summed E-state index contributed by atoms with van der Waals surface area (Å²) in [4.78, 5) is 4.59. The third-order valence-electron chi connectivity index (χ3n) is 3.92. The van der Waals surface area contributed by atoms with Crippen LogP contribution in [0.15, 0.2) is 79.0 Å². The molecule has 0 aliphatic heterocycles. The standard InChI is InChI=1S/C21H15N/c1-2-6-16(7-3-1)10-11-18-14-15-22-21-19-9-5-4-8-17(19)12-13-20(18)21/h1-15H. The Labute approximate surface area is 129 Å². The van der Waals surface area contributed by atoms with Crippen molar-refractivity contribution in [3.8, 4) is 0 Å². The molecule has 104 valence electrons. The second-order valence-electron chi connectivity index (χ2n) is 5.33. The van der Waals surface area contributed by atoms with Gasteiger partial charge in [-0.2, -0.15) is 0 Å². The maximum Gasteiger partial charge on any atom is 0.0786 e. The highest BCUT2D eigenvalue weighted by molar-refractivity contribution is 6.07. The summed E-state index contributed by atoms with van der Waals surface area (Å²) in [6.07, 6.45) is 6.19. The lowest BCUT2D eigenvalue weighted by Crippen LogP contribution is -1.84. The first kappa shape index (κ1) is 12.8. The molecule has 3 aromatic carbocycles. The third kappa shape index (κ3) is 2.27. The average Bonchev–Trinajstić information content (AvgIpc) is 2.60. The average molecular weight is 281 g/mol. The Hall–Kier alpha value is -2.93. The molecular formula is C21H15N. The van der Waals surface area contributed by atoms with Gasteiger partial charge in [0.05, 0.1) is 5.52 Å². The predicted molar refractivity (Wildman–Crippen MR) is 94.6 cm³/mol. The van der Waals surface area contributed by atoms with E-state index in [1.807, 2.05) is 12.3 Å². The Morgan fingerprint density at radius 2 is 1.45 bits per heavy atom. The minimum atomic E-state index is 1.06.